The van der Waals surface area contributed by atoms with E-state index in [2.05, 4.69) is 111 Å². The quantitative estimate of drug-likeness (QED) is 0.420. The molecule has 0 spiro atoms. The minimum absolute atomic E-state index is 0.0115. The van der Waals surface area contributed by atoms with E-state index in [1.165, 1.54) is 41.4 Å². The van der Waals surface area contributed by atoms with Gasteiger partial charge >= 0.3 is 0 Å². The molecule has 2 saturated heterocycles. The summed E-state index contributed by atoms with van der Waals surface area (Å²) < 4.78 is 0.225. The van der Waals surface area contributed by atoms with Crippen LogP contribution in [0.1, 0.15) is 52.0 Å². The van der Waals surface area contributed by atoms with Gasteiger partial charge < -0.3 is 5.11 Å². The highest BCUT2D eigenvalue weighted by Gasteiger charge is 2.55. The van der Waals surface area contributed by atoms with Crippen LogP contribution in [0.25, 0.3) is 0 Å². The van der Waals surface area contributed by atoms with Crippen LogP contribution in [-0.4, -0.2) is 46.0 Å². The van der Waals surface area contributed by atoms with Crippen LogP contribution in [0.4, 0.5) is 0 Å². The Bertz CT molecular complexity index is 647. The molecule has 6 heteroatoms. The fourth-order valence-corrected chi connectivity index (χ4v) is 17.8. The van der Waals surface area contributed by atoms with Crippen molar-refractivity contribution in [3.63, 3.8) is 0 Å². The summed E-state index contributed by atoms with van der Waals surface area (Å²) >= 11 is 8.49. The molecule has 0 aromatic heterocycles. The molecule has 0 radical (unpaired) electrons. The molecule has 29 heavy (non-hydrogen) atoms. The summed E-state index contributed by atoms with van der Waals surface area (Å²) in [6.07, 6.45) is 4.14. The zero-order chi connectivity index (χ0) is 21.2. The summed E-state index contributed by atoms with van der Waals surface area (Å²) in [6, 6.07) is 11.0. The maximum Gasteiger partial charge on any atom is 0.0884 e. The number of rotatable bonds is 6. The second-order valence-electron chi connectivity index (χ2n) is 9.91. The van der Waals surface area contributed by atoms with Crippen molar-refractivity contribution >= 4 is 55.1 Å². The smallest absolute Gasteiger partial charge is 0.0884 e. The summed E-state index contributed by atoms with van der Waals surface area (Å²) in [5.41, 5.74) is 1.39. The number of hydrogen-bond acceptors (Lipinski definition) is 5. The predicted octanol–water partition coefficient (Wildman–Crippen LogP) is 7.46. The van der Waals surface area contributed by atoms with Crippen molar-refractivity contribution in [3.05, 3.63) is 35.9 Å². The number of thioether (sulfide) groups is 4. The average molecular weight is 487 g/mol. The van der Waals surface area contributed by atoms with Gasteiger partial charge in [0, 0.05) is 6.42 Å². The molecule has 0 saturated carbocycles. The summed E-state index contributed by atoms with van der Waals surface area (Å²) in [6.45, 7) is 12.4. The molecule has 164 valence electrons. The van der Waals surface area contributed by atoms with Crippen LogP contribution in [0.5, 0.6) is 0 Å². The van der Waals surface area contributed by atoms with E-state index < -0.39 is 8.07 Å². The Hall–Kier alpha value is 0.797. The lowest BCUT2D eigenvalue weighted by molar-refractivity contribution is 0.152. The lowest BCUT2D eigenvalue weighted by Crippen LogP contribution is -2.58. The minimum atomic E-state index is -1.63. The molecule has 1 N–H and O–H groups in total. The maximum absolute atomic E-state index is 11.5. The molecule has 0 unspecified atom stereocenters. The molecule has 3 rings (SSSR count). The molecule has 2 aliphatic heterocycles. The fourth-order valence-electron chi connectivity index (χ4n) is 4.24. The first-order valence-electron chi connectivity index (χ1n) is 10.9. The van der Waals surface area contributed by atoms with Gasteiger partial charge in [0.1, 0.15) is 0 Å². The van der Waals surface area contributed by atoms with E-state index in [1.807, 2.05) is 0 Å². The van der Waals surface area contributed by atoms with Crippen LogP contribution in [-0.2, 0) is 4.08 Å². The van der Waals surface area contributed by atoms with Crippen molar-refractivity contribution in [2.45, 2.75) is 78.5 Å². The van der Waals surface area contributed by atoms with Crippen LogP contribution in [0, 0.1) is 0 Å². The van der Waals surface area contributed by atoms with E-state index in [-0.39, 0.29) is 13.9 Å². The number of aliphatic hydroxyl groups excluding tert-OH is 1. The van der Waals surface area contributed by atoms with E-state index in [1.54, 1.807) is 0 Å². The standard InChI is InChI=1S/C23H38OS4Si/c1-21(2,3)29(4,5)23(27-15-10-16-28-23)18-20(24)17-22(25-13-9-14-26-22)19-11-7-6-8-12-19/h6-8,11-12,20,24H,9-10,13-18H2,1-5H3/t20-/m0/s1. The Labute approximate surface area is 196 Å². The summed E-state index contributed by atoms with van der Waals surface area (Å²) in [5, 5.41) is 11.9. The van der Waals surface area contributed by atoms with Gasteiger partial charge in [-0.25, -0.2) is 0 Å². The summed E-state index contributed by atoms with van der Waals surface area (Å²) in [4.78, 5) is 0. The molecule has 2 aliphatic rings. The minimum Gasteiger partial charge on any atom is -0.393 e. The van der Waals surface area contributed by atoms with Crippen LogP contribution in [0.2, 0.25) is 18.1 Å². The zero-order valence-electron chi connectivity index (χ0n) is 18.7. The SMILES string of the molecule is CC(C)(C)[Si](C)(C)C1(C[C@@H](O)CC2(c3ccccc3)SCCCS2)SCCCS1. The van der Waals surface area contributed by atoms with Crippen LogP contribution >= 0.6 is 47.0 Å². The first kappa shape index (κ1) is 24.4. The highest BCUT2D eigenvalue weighted by atomic mass is 32.2. The number of hydrogen-bond donors (Lipinski definition) is 1. The zero-order valence-corrected chi connectivity index (χ0v) is 23.0. The van der Waals surface area contributed by atoms with Gasteiger partial charge in [-0.05, 0) is 52.9 Å². The third-order valence-electron chi connectivity index (χ3n) is 6.97. The number of aliphatic hydroxyl groups is 1. The maximum atomic E-state index is 11.5. The van der Waals surface area contributed by atoms with Crippen molar-refractivity contribution < 1.29 is 5.11 Å². The highest BCUT2D eigenvalue weighted by molar-refractivity contribution is 8.21. The first-order chi connectivity index (χ1) is 13.6. The topological polar surface area (TPSA) is 20.2 Å². The van der Waals surface area contributed by atoms with Crippen molar-refractivity contribution in [1.82, 2.24) is 0 Å². The van der Waals surface area contributed by atoms with E-state index in [0.29, 0.717) is 5.04 Å². The van der Waals surface area contributed by atoms with Gasteiger partial charge in [0.05, 0.1) is 22.0 Å². The van der Waals surface area contributed by atoms with Crippen LogP contribution in [0.3, 0.4) is 0 Å². The molecule has 1 aromatic carbocycles. The van der Waals surface area contributed by atoms with Gasteiger partial charge in [-0.1, -0.05) is 64.2 Å². The summed E-state index contributed by atoms with van der Waals surface area (Å²) in [7, 11) is -1.63. The lowest BCUT2D eigenvalue weighted by Gasteiger charge is -2.54. The monoisotopic (exact) mass is 486 g/mol. The predicted molar refractivity (Wildman–Crippen MR) is 142 cm³/mol. The van der Waals surface area contributed by atoms with E-state index >= 15 is 0 Å². The van der Waals surface area contributed by atoms with Crippen molar-refractivity contribution in [2.75, 3.05) is 23.0 Å². The van der Waals surface area contributed by atoms with Gasteiger partial charge in [0.25, 0.3) is 0 Å². The van der Waals surface area contributed by atoms with Crippen molar-refractivity contribution in [1.29, 1.82) is 0 Å². The third-order valence-corrected chi connectivity index (χ3v) is 23.1. The summed E-state index contributed by atoms with van der Waals surface area (Å²) in [5.74, 6) is 4.90. The molecule has 1 atom stereocenters. The fraction of sp³-hybridized carbons (Fsp3) is 0.739. The molecule has 2 heterocycles. The molecule has 0 bridgehead atoms. The second kappa shape index (κ2) is 9.74. The van der Waals surface area contributed by atoms with Crippen molar-refractivity contribution in [3.8, 4) is 0 Å². The Balaban J connectivity index is 1.85. The largest absolute Gasteiger partial charge is 0.393 e. The molecule has 0 amide bonds. The Morgan fingerprint density at radius 2 is 1.41 bits per heavy atom. The normalized spacial score (nSPS) is 23.5. The van der Waals surface area contributed by atoms with Gasteiger partial charge in [-0.2, -0.15) is 0 Å². The van der Waals surface area contributed by atoms with Crippen LogP contribution < -0.4 is 0 Å². The van der Waals surface area contributed by atoms with E-state index in [0.717, 1.165) is 12.8 Å². The van der Waals surface area contributed by atoms with Gasteiger partial charge in [-0.15, -0.1) is 47.0 Å². The van der Waals surface area contributed by atoms with Crippen molar-refractivity contribution in [2.24, 2.45) is 0 Å². The van der Waals surface area contributed by atoms with E-state index in [4.69, 9.17) is 0 Å². The Morgan fingerprint density at radius 3 is 1.93 bits per heavy atom. The number of benzene rings is 1. The van der Waals surface area contributed by atoms with Gasteiger partial charge in [0.15, 0.2) is 0 Å². The average Bonchev–Trinajstić information content (AvgIpc) is 2.69. The Kier molecular flexibility index (Phi) is 8.21. The van der Waals surface area contributed by atoms with Crippen LogP contribution in [0.15, 0.2) is 30.3 Å². The van der Waals surface area contributed by atoms with E-state index in [9.17, 15) is 5.11 Å². The third kappa shape index (κ3) is 5.24. The molecule has 1 nitrogen and oxygen atoms in total. The molecular weight excluding hydrogens is 449 g/mol. The Morgan fingerprint density at radius 1 is 0.897 bits per heavy atom. The first-order valence-corrected chi connectivity index (χ1v) is 17.9. The lowest BCUT2D eigenvalue weighted by atomic mass is 10.0. The van der Waals surface area contributed by atoms with Gasteiger partial charge in [0.2, 0.25) is 0 Å². The highest BCUT2D eigenvalue weighted by Crippen LogP contribution is 2.60. The van der Waals surface area contributed by atoms with Gasteiger partial charge in [-0.3, -0.25) is 0 Å². The molecular formula is C23H38OS4Si. The molecule has 2 fully saturated rings. The molecule has 0 aliphatic carbocycles. The molecule has 1 aromatic rings. The second-order valence-corrected chi connectivity index (χ2v) is 22.3.